The van der Waals surface area contributed by atoms with Crippen LogP contribution in [-0.4, -0.2) is 63.8 Å². The molecule has 8 nitrogen and oxygen atoms in total. The Morgan fingerprint density at radius 1 is 1.06 bits per heavy atom. The first kappa shape index (κ1) is 22.8. The van der Waals surface area contributed by atoms with Gasteiger partial charge in [-0.1, -0.05) is 13.8 Å². The maximum absolute atomic E-state index is 13.1. The molecule has 8 heteroatoms. The highest BCUT2D eigenvalue weighted by molar-refractivity contribution is 5.76. The summed E-state index contributed by atoms with van der Waals surface area (Å²) < 4.78 is 7.24. The number of benzene rings is 1. The van der Waals surface area contributed by atoms with Gasteiger partial charge in [-0.3, -0.25) is 9.48 Å². The number of hydrogen-bond donors (Lipinski definition) is 0. The van der Waals surface area contributed by atoms with Crippen LogP contribution in [0.3, 0.4) is 0 Å². The van der Waals surface area contributed by atoms with Crippen molar-refractivity contribution in [3.63, 3.8) is 0 Å². The Morgan fingerprint density at radius 3 is 2.45 bits per heavy atom. The number of amides is 1. The summed E-state index contributed by atoms with van der Waals surface area (Å²) >= 11 is 0. The van der Waals surface area contributed by atoms with E-state index >= 15 is 0 Å². The van der Waals surface area contributed by atoms with Crippen LogP contribution in [0.4, 0.5) is 5.82 Å². The average molecular weight is 449 g/mol. The molecule has 1 fully saturated rings. The molecule has 0 radical (unpaired) electrons. The Bertz CT molecular complexity index is 1130. The number of carbonyl (C=O) groups is 1. The van der Waals surface area contributed by atoms with Crippen molar-refractivity contribution in [1.82, 2.24) is 24.6 Å². The van der Waals surface area contributed by atoms with Gasteiger partial charge in [0, 0.05) is 49.2 Å². The molecule has 1 aliphatic rings. The smallest absolute Gasteiger partial charge is 0.244 e. The Labute approximate surface area is 195 Å². The first-order valence-electron chi connectivity index (χ1n) is 11.4. The molecule has 1 aromatic carbocycles. The normalized spacial score (nSPS) is 14.1. The van der Waals surface area contributed by atoms with Gasteiger partial charge in [-0.25, -0.2) is 9.97 Å². The van der Waals surface area contributed by atoms with Gasteiger partial charge in [0.25, 0.3) is 0 Å². The van der Waals surface area contributed by atoms with Crippen molar-refractivity contribution in [2.24, 2.45) is 0 Å². The maximum atomic E-state index is 13.1. The summed E-state index contributed by atoms with van der Waals surface area (Å²) in [5, 5.41) is 4.81. The summed E-state index contributed by atoms with van der Waals surface area (Å²) in [6.45, 7) is 11.3. The molecule has 1 amide bonds. The highest BCUT2D eigenvalue weighted by Gasteiger charge is 2.24. The standard InChI is InChI=1S/C25H32N6O2/c1-17(2)22-14-21(20-6-7-23(33-5)18(3)12-20)28-31(22)15-25(32)30-10-8-29(9-11-30)24-13-19(4)26-16-27-24/h6-7,12-14,16-17H,8-11,15H2,1-5H3. The van der Waals surface area contributed by atoms with Crippen LogP contribution in [0.1, 0.15) is 36.7 Å². The topological polar surface area (TPSA) is 76.4 Å². The predicted molar refractivity (Wildman–Crippen MR) is 129 cm³/mol. The summed E-state index contributed by atoms with van der Waals surface area (Å²) in [5.41, 5.74) is 4.96. The van der Waals surface area contributed by atoms with Crippen LogP contribution in [0.5, 0.6) is 5.75 Å². The highest BCUT2D eigenvalue weighted by atomic mass is 16.5. The van der Waals surface area contributed by atoms with E-state index in [0.717, 1.165) is 52.9 Å². The van der Waals surface area contributed by atoms with E-state index in [2.05, 4.69) is 40.8 Å². The number of rotatable bonds is 6. The molecule has 3 aromatic rings. The minimum Gasteiger partial charge on any atom is -0.496 e. The van der Waals surface area contributed by atoms with Gasteiger partial charge in [0.15, 0.2) is 0 Å². The Morgan fingerprint density at radius 2 is 1.82 bits per heavy atom. The molecule has 0 unspecified atom stereocenters. The molecule has 3 heterocycles. The fraction of sp³-hybridized carbons (Fsp3) is 0.440. The number of carbonyl (C=O) groups excluding carboxylic acids is 1. The molecule has 0 N–H and O–H groups in total. The molecule has 33 heavy (non-hydrogen) atoms. The first-order chi connectivity index (χ1) is 15.9. The van der Waals surface area contributed by atoms with Crippen LogP contribution in [0.25, 0.3) is 11.3 Å². The highest BCUT2D eigenvalue weighted by Crippen LogP contribution is 2.28. The molecule has 1 aliphatic heterocycles. The lowest BCUT2D eigenvalue weighted by molar-refractivity contribution is -0.132. The van der Waals surface area contributed by atoms with Gasteiger partial charge in [0.05, 0.1) is 12.8 Å². The van der Waals surface area contributed by atoms with Crippen molar-refractivity contribution < 1.29 is 9.53 Å². The number of methoxy groups -OCH3 is 1. The van der Waals surface area contributed by atoms with E-state index in [1.165, 1.54) is 0 Å². The molecule has 0 spiro atoms. The van der Waals surface area contributed by atoms with Crippen molar-refractivity contribution in [3.8, 4) is 17.0 Å². The zero-order valence-corrected chi connectivity index (χ0v) is 20.1. The summed E-state index contributed by atoms with van der Waals surface area (Å²) in [6, 6.07) is 10.1. The SMILES string of the molecule is COc1ccc(-c2cc(C(C)C)n(CC(=O)N3CCN(c4cc(C)ncn4)CC3)n2)cc1C. The first-order valence-corrected chi connectivity index (χ1v) is 11.4. The second kappa shape index (κ2) is 9.60. The molecule has 4 rings (SSSR count). The molecule has 0 atom stereocenters. The lowest BCUT2D eigenvalue weighted by atomic mass is 10.1. The number of aryl methyl sites for hydroxylation is 2. The van der Waals surface area contributed by atoms with E-state index < -0.39 is 0 Å². The molecule has 1 saturated heterocycles. The largest absolute Gasteiger partial charge is 0.496 e. The van der Waals surface area contributed by atoms with Crippen LogP contribution in [0.15, 0.2) is 36.7 Å². The Hall–Kier alpha value is -3.42. The van der Waals surface area contributed by atoms with Gasteiger partial charge in [0.1, 0.15) is 24.4 Å². The Balaban J connectivity index is 1.46. The third-order valence-electron chi connectivity index (χ3n) is 6.12. The van der Waals surface area contributed by atoms with Crippen molar-refractivity contribution in [3.05, 3.63) is 53.6 Å². The average Bonchev–Trinajstić information content (AvgIpc) is 3.23. The van der Waals surface area contributed by atoms with Crippen molar-refractivity contribution in [1.29, 1.82) is 0 Å². The molecule has 2 aromatic heterocycles. The van der Waals surface area contributed by atoms with Gasteiger partial charge in [-0.05, 0) is 49.6 Å². The molecule has 0 saturated carbocycles. The number of piperazine rings is 1. The lowest BCUT2D eigenvalue weighted by Crippen LogP contribution is -2.50. The van der Waals surface area contributed by atoms with Crippen molar-refractivity contribution >= 4 is 11.7 Å². The number of anilines is 1. The van der Waals surface area contributed by atoms with Gasteiger partial charge in [-0.2, -0.15) is 5.10 Å². The van der Waals surface area contributed by atoms with Gasteiger partial charge in [0.2, 0.25) is 5.91 Å². The van der Waals surface area contributed by atoms with E-state index in [9.17, 15) is 4.79 Å². The number of ether oxygens (including phenoxy) is 1. The zero-order valence-electron chi connectivity index (χ0n) is 20.1. The van der Waals surface area contributed by atoms with E-state index in [4.69, 9.17) is 9.84 Å². The van der Waals surface area contributed by atoms with Crippen LogP contribution < -0.4 is 9.64 Å². The second-order valence-electron chi connectivity index (χ2n) is 8.84. The molecular formula is C25H32N6O2. The number of aromatic nitrogens is 4. The van der Waals surface area contributed by atoms with Gasteiger partial charge in [-0.15, -0.1) is 0 Å². The van der Waals surface area contributed by atoms with E-state index in [1.807, 2.05) is 41.6 Å². The number of nitrogens with zero attached hydrogens (tertiary/aromatic N) is 6. The minimum atomic E-state index is 0.0935. The predicted octanol–water partition coefficient (Wildman–Crippen LogP) is 3.44. The molecule has 0 aliphatic carbocycles. The molecular weight excluding hydrogens is 416 g/mol. The fourth-order valence-corrected chi connectivity index (χ4v) is 4.23. The van der Waals surface area contributed by atoms with Crippen LogP contribution in [-0.2, 0) is 11.3 Å². The van der Waals surface area contributed by atoms with Crippen molar-refractivity contribution in [2.75, 3.05) is 38.2 Å². The number of hydrogen-bond acceptors (Lipinski definition) is 6. The Kier molecular flexibility index (Phi) is 6.62. The monoisotopic (exact) mass is 448 g/mol. The molecule has 174 valence electrons. The van der Waals surface area contributed by atoms with E-state index in [0.29, 0.717) is 13.1 Å². The summed E-state index contributed by atoms with van der Waals surface area (Å²) in [5.74, 6) is 2.13. The van der Waals surface area contributed by atoms with Crippen LogP contribution in [0.2, 0.25) is 0 Å². The zero-order chi connectivity index (χ0) is 23.5. The van der Waals surface area contributed by atoms with E-state index in [1.54, 1.807) is 13.4 Å². The molecule has 0 bridgehead atoms. The summed E-state index contributed by atoms with van der Waals surface area (Å²) in [7, 11) is 1.67. The quantitative estimate of drug-likeness (QED) is 0.575. The summed E-state index contributed by atoms with van der Waals surface area (Å²) in [4.78, 5) is 25.8. The second-order valence-corrected chi connectivity index (χ2v) is 8.84. The minimum absolute atomic E-state index is 0.0935. The lowest BCUT2D eigenvalue weighted by Gasteiger charge is -2.35. The third kappa shape index (κ3) is 4.99. The fourth-order valence-electron chi connectivity index (χ4n) is 4.23. The van der Waals surface area contributed by atoms with Crippen LogP contribution >= 0.6 is 0 Å². The third-order valence-corrected chi connectivity index (χ3v) is 6.12. The summed E-state index contributed by atoms with van der Waals surface area (Å²) in [6.07, 6.45) is 1.59. The van der Waals surface area contributed by atoms with Crippen LogP contribution in [0, 0.1) is 13.8 Å². The van der Waals surface area contributed by atoms with Crippen molar-refractivity contribution in [2.45, 2.75) is 40.2 Å². The van der Waals surface area contributed by atoms with Gasteiger partial charge >= 0.3 is 0 Å². The maximum Gasteiger partial charge on any atom is 0.244 e. The van der Waals surface area contributed by atoms with Gasteiger partial charge < -0.3 is 14.5 Å². The van der Waals surface area contributed by atoms with E-state index in [-0.39, 0.29) is 18.4 Å².